The molecule has 0 bridgehead atoms. The summed E-state index contributed by atoms with van der Waals surface area (Å²) in [5.74, 6) is 0. The molecule has 1 aromatic heterocycles. The Morgan fingerprint density at radius 3 is 2.48 bits per heavy atom. The molecule has 2 heterocycles. The van der Waals surface area contributed by atoms with Gasteiger partial charge in [-0.2, -0.15) is 5.26 Å². The number of hydrogen-bond acceptors (Lipinski definition) is 5. The van der Waals surface area contributed by atoms with Crippen LogP contribution in [0.5, 0.6) is 0 Å². The number of likely N-dealkylation sites (N-methyl/N-ethyl adjacent to an activating group) is 1. The highest BCUT2D eigenvalue weighted by Crippen LogP contribution is 2.43. The minimum absolute atomic E-state index is 0.507. The Morgan fingerprint density at radius 2 is 1.90 bits per heavy atom. The van der Waals surface area contributed by atoms with Crippen molar-refractivity contribution in [2.24, 2.45) is 0 Å². The second-order valence-electron chi connectivity index (χ2n) is 8.49. The molecular weight excluding hydrogens is 384 g/mol. The summed E-state index contributed by atoms with van der Waals surface area (Å²) >= 11 is 0. The number of oxazole rings is 1. The number of rotatable bonds is 3. The summed E-state index contributed by atoms with van der Waals surface area (Å²) in [6, 6.07) is 13.1. The van der Waals surface area contributed by atoms with Gasteiger partial charge in [0.1, 0.15) is 11.6 Å². The maximum atomic E-state index is 9.73. The van der Waals surface area contributed by atoms with Crippen molar-refractivity contribution >= 4 is 16.8 Å². The lowest BCUT2D eigenvalue weighted by molar-refractivity contribution is 0.315. The van der Waals surface area contributed by atoms with E-state index in [-0.39, 0.29) is 0 Å². The van der Waals surface area contributed by atoms with Crippen LogP contribution >= 0.6 is 0 Å². The number of anilines is 1. The second kappa shape index (κ2) is 9.36. The first-order valence-electron chi connectivity index (χ1n) is 11.0. The molecule has 0 amide bonds. The summed E-state index contributed by atoms with van der Waals surface area (Å²) < 4.78 is 5.80. The van der Waals surface area contributed by atoms with Crippen LogP contribution in [0.1, 0.15) is 36.8 Å². The minimum atomic E-state index is 0.507. The largest absolute Gasteiger partial charge is 0.441 e. The van der Waals surface area contributed by atoms with Gasteiger partial charge in [-0.05, 0) is 57.8 Å². The third-order valence-electron chi connectivity index (χ3n) is 6.30. The van der Waals surface area contributed by atoms with E-state index in [0.29, 0.717) is 22.7 Å². The van der Waals surface area contributed by atoms with Gasteiger partial charge in [-0.25, -0.2) is 4.98 Å². The monoisotopic (exact) mass is 414 g/mol. The highest BCUT2D eigenvalue weighted by Gasteiger charge is 2.30. The molecule has 5 heteroatoms. The van der Waals surface area contributed by atoms with Crippen molar-refractivity contribution in [2.45, 2.75) is 38.6 Å². The standard InChI is InChI=1S/C21H22N4O.C5H8/c1-14-17(11-22)19-21(26-13-23-19)20(18(14)15-7-5-4-6-8-15)25-10-9-16(12-25)24(2)3;1-2-4-5-3-1/h4-8,13,16H,9-10,12H2,1-3H3;1-2H,3-5H2/t16-;/m0./s1. The van der Waals surface area contributed by atoms with Gasteiger partial charge in [0.15, 0.2) is 12.0 Å². The van der Waals surface area contributed by atoms with E-state index in [4.69, 9.17) is 4.42 Å². The maximum absolute atomic E-state index is 9.73. The van der Waals surface area contributed by atoms with Crippen LogP contribution in [-0.2, 0) is 0 Å². The van der Waals surface area contributed by atoms with Crippen molar-refractivity contribution in [2.75, 3.05) is 32.1 Å². The molecule has 1 fully saturated rings. The highest BCUT2D eigenvalue weighted by molar-refractivity contribution is 6.02. The van der Waals surface area contributed by atoms with E-state index < -0.39 is 0 Å². The first-order valence-corrected chi connectivity index (χ1v) is 11.0. The summed E-state index contributed by atoms with van der Waals surface area (Å²) in [7, 11) is 4.25. The highest BCUT2D eigenvalue weighted by atomic mass is 16.3. The Morgan fingerprint density at radius 1 is 1.16 bits per heavy atom. The van der Waals surface area contributed by atoms with Crippen LogP contribution in [0.2, 0.25) is 0 Å². The van der Waals surface area contributed by atoms with Crippen LogP contribution in [0.4, 0.5) is 5.69 Å². The van der Waals surface area contributed by atoms with Crippen molar-refractivity contribution < 1.29 is 4.42 Å². The molecule has 0 spiro atoms. The van der Waals surface area contributed by atoms with Crippen molar-refractivity contribution in [3.63, 3.8) is 0 Å². The zero-order chi connectivity index (χ0) is 21.8. The van der Waals surface area contributed by atoms with E-state index in [1.807, 2.05) is 25.1 Å². The SMILES string of the molecule is C1=CCCC1.Cc1c(-c2ccccc2)c(N2CC[C@H](N(C)C)C2)c2ocnc2c1C#N. The molecule has 1 atom stereocenters. The van der Waals surface area contributed by atoms with Crippen LogP contribution in [0.25, 0.3) is 22.2 Å². The maximum Gasteiger partial charge on any atom is 0.182 e. The van der Waals surface area contributed by atoms with E-state index in [0.717, 1.165) is 41.9 Å². The molecule has 5 rings (SSSR count). The van der Waals surface area contributed by atoms with Gasteiger partial charge in [0.25, 0.3) is 0 Å². The van der Waals surface area contributed by atoms with Gasteiger partial charge in [-0.15, -0.1) is 0 Å². The third-order valence-corrected chi connectivity index (χ3v) is 6.30. The van der Waals surface area contributed by atoms with Gasteiger partial charge in [-0.1, -0.05) is 42.5 Å². The third kappa shape index (κ3) is 4.22. The Bertz CT molecular complexity index is 1100. The number of nitrogens with zero attached hydrogens (tertiary/aromatic N) is 4. The van der Waals surface area contributed by atoms with Gasteiger partial charge in [0.2, 0.25) is 0 Å². The summed E-state index contributed by atoms with van der Waals surface area (Å²) in [5.41, 5.74) is 6.17. The molecule has 0 N–H and O–H groups in total. The van der Waals surface area contributed by atoms with Crippen LogP contribution in [0, 0.1) is 18.3 Å². The lowest BCUT2D eigenvalue weighted by atomic mass is 9.93. The molecule has 2 aliphatic rings. The van der Waals surface area contributed by atoms with Crippen molar-refractivity contribution in [1.82, 2.24) is 9.88 Å². The quantitative estimate of drug-likeness (QED) is 0.527. The first-order chi connectivity index (χ1) is 15.1. The zero-order valence-corrected chi connectivity index (χ0v) is 18.6. The van der Waals surface area contributed by atoms with Crippen LogP contribution < -0.4 is 4.90 Å². The lowest BCUT2D eigenvalue weighted by Gasteiger charge is -2.25. The number of benzene rings is 2. The normalized spacial score (nSPS) is 17.8. The number of fused-ring (bicyclic) bond motifs is 1. The molecule has 1 aliphatic carbocycles. The summed E-state index contributed by atoms with van der Waals surface area (Å²) in [6.45, 7) is 3.91. The Hall–Kier alpha value is -3.10. The molecule has 5 nitrogen and oxygen atoms in total. The smallest absolute Gasteiger partial charge is 0.182 e. The van der Waals surface area contributed by atoms with Gasteiger partial charge in [0, 0.05) is 24.7 Å². The van der Waals surface area contributed by atoms with Gasteiger partial charge in [-0.3, -0.25) is 0 Å². The van der Waals surface area contributed by atoms with Gasteiger partial charge in [0.05, 0.1) is 11.3 Å². The Balaban J connectivity index is 0.000000407. The Labute approximate surface area is 184 Å². The van der Waals surface area contributed by atoms with Gasteiger partial charge < -0.3 is 14.2 Å². The average Bonchev–Trinajstić information content (AvgIpc) is 3.57. The molecule has 0 saturated carbocycles. The predicted molar refractivity (Wildman–Crippen MR) is 126 cm³/mol. The van der Waals surface area contributed by atoms with E-state index in [1.54, 1.807) is 0 Å². The number of aromatic nitrogens is 1. The number of allylic oxidation sites excluding steroid dienone is 2. The zero-order valence-electron chi connectivity index (χ0n) is 18.6. The lowest BCUT2D eigenvalue weighted by Crippen LogP contribution is -2.31. The first kappa shape index (κ1) is 21.1. The minimum Gasteiger partial charge on any atom is -0.441 e. The fraction of sp³-hybridized carbons (Fsp3) is 0.385. The molecule has 31 heavy (non-hydrogen) atoms. The molecule has 0 radical (unpaired) electrons. The summed E-state index contributed by atoms with van der Waals surface area (Å²) in [6.07, 6.45) is 11.1. The molecule has 1 aliphatic heterocycles. The summed E-state index contributed by atoms with van der Waals surface area (Å²) in [5, 5.41) is 9.73. The van der Waals surface area contributed by atoms with E-state index in [1.165, 1.54) is 25.7 Å². The van der Waals surface area contributed by atoms with Gasteiger partial charge >= 0.3 is 0 Å². The molecular formula is C26H30N4O. The number of nitriles is 1. The molecule has 0 unspecified atom stereocenters. The van der Waals surface area contributed by atoms with Crippen LogP contribution in [-0.4, -0.2) is 43.1 Å². The predicted octanol–water partition coefficient (Wildman–Crippen LogP) is 5.54. The molecule has 3 aromatic rings. The summed E-state index contributed by atoms with van der Waals surface area (Å²) in [4.78, 5) is 9.00. The molecule has 2 aromatic carbocycles. The fourth-order valence-electron chi connectivity index (χ4n) is 4.54. The van der Waals surface area contributed by atoms with Crippen LogP contribution in [0.3, 0.4) is 0 Å². The second-order valence-corrected chi connectivity index (χ2v) is 8.49. The van der Waals surface area contributed by atoms with E-state index in [2.05, 4.69) is 59.2 Å². The molecule has 160 valence electrons. The Kier molecular flexibility index (Phi) is 6.39. The van der Waals surface area contributed by atoms with Crippen molar-refractivity contribution in [3.05, 3.63) is 60.0 Å². The van der Waals surface area contributed by atoms with Crippen molar-refractivity contribution in [1.29, 1.82) is 5.26 Å². The van der Waals surface area contributed by atoms with Crippen molar-refractivity contribution in [3.8, 4) is 17.2 Å². The van der Waals surface area contributed by atoms with E-state index >= 15 is 0 Å². The fourth-order valence-corrected chi connectivity index (χ4v) is 4.54. The van der Waals surface area contributed by atoms with E-state index in [9.17, 15) is 5.26 Å². The number of hydrogen-bond donors (Lipinski definition) is 0. The molecule has 1 saturated heterocycles. The topological polar surface area (TPSA) is 56.3 Å². The average molecular weight is 415 g/mol. The van der Waals surface area contributed by atoms with Crippen LogP contribution in [0.15, 0.2) is 53.3 Å².